The predicted molar refractivity (Wildman–Crippen MR) is 56.0 cm³/mol. The SMILES string of the molecule is CCn1ncc(Br)c1[C@@]12CCC[C@@H]1O2. The van der Waals surface area contributed by atoms with Crippen LogP contribution in [0.25, 0.3) is 0 Å². The van der Waals surface area contributed by atoms with E-state index in [2.05, 4.69) is 32.6 Å². The molecule has 2 atom stereocenters. The monoisotopic (exact) mass is 256 g/mol. The van der Waals surface area contributed by atoms with Gasteiger partial charge in [0.1, 0.15) is 5.60 Å². The van der Waals surface area contributed by atoms with Gasteiger partial charge in [0, 0.05) is 6.54 Å². The van der Waals surface area contributed by atoms with Gasteiger partial charge in [0.05, 0.1) is 22.5 Å². The molecule has 4 heteroatoms. The Bertz CT molecular complexity index is 376. The summed E-state index contributed by atoms with van der Waals surface area (Å²) in [5.74, 6) is 0. The quantitative estimate of drug-likeness (QED) is 0.762. The van der Waals surface area contributed by atoms with E-state index in [1.807, 2.05) is 6.20 Å². The highest BCUT2D eigenvalue weighted by molar-refractivity contribution is 9.10. The van der Waals surface area contributed by atoms with E-state index in [0.29, 0.717) is 6.10 Å². The lowest BCUT2D eigenvalue weighted by atomic mass is 10.0. The Morgan fingerprint density at radius 3 is 3.21 bits per heavy atom. The maximum Gasteiger partial charge on any atom is 0.137 e. The molecule has 14 heavy (non-hydrogen) atoms. The van der Waals surface area contributed by atoms with Crippen LogP contribution in [0.5, 0.6) is 0 Å². The van der Waals surface area contributed by atoms with Crippen LogP contribution in [0, 0.1) is 0 Å². The zero-order valence-electron chi connectivity index (χ0n) is 8.16. The van der Waals surface area contributed by atoms with E-state index >= 15 is 0 Å². The summed E-state index contributed by atoms with van der Waals surface area (Å²) in [6, 6.07) is 0. The van der Waals surface area contributed by atoms with Crippen LogP contribution in [0.4, 0.5) is 0 Å². The molecule has 1 saturated carbocycles. The third-order valence-corrected chi connectivity index (χ3v) is 3.91. The largest absolute Gasteiger partial charge is 0.359 e. The maximum absolute atomic E-state index is 5.82. The number of rotatable bonds is 2. The zero-order valence-corrected chi connectivity index (χ0v) is 9.75. The van der Waals surface area contributed by atoms with Crippen LogP contribution in [-0.4, -0.2) is 15.9 Å². The van der Waals surface area contributed by atoms with Crippen LogP contribution in [0.3, 0.4) is 0 Å². The van der Waals surface area contributed by atoms with Crippen molar-refractivity contribution in [2.75, 3.05) is 0 Å². The molecule has 3 nitrogen and oxygen atoms in total. The molecular formula is C10H13BrN2O. The highest BCUT2D eigenvalue weighted by atomic mass is 79.9. The lowest BCUT2D eigenvalue weighted by Gasteiger charge is -2.11. The average Bonchev–Trinajstić information content (AvgIpc) is 2.59. The summed E-state index contributed by atoms with van der Waals surface area (Å²) >= 11 is 3.57. The summed E-state index contributed by atoms with van der Waals surface area (Å²) in [5, 5.41) is 4.34. The van der Waals surface area contributed by atoms with Crippen molar-refractivity contribution >= 4 is 15.9 Å². The molecule has 0 spiro atoms. The molecule has 2 heterocycles. The number of fused-ring (bicyclic) bond motifs is 1. The van der Waals surface area contributed by atoms with Crippen LogP contribution >= 0.6 is 15.9 Å². The maximum atomic E-state index is 5.82. The molecular weight excluding hydrogens is 244 g/mol. The van der Waals surface area contributed by atoms with Gasteiger partial charge < -0.3 is 4.74 Å². The minimum atomic E-state index is 0.0192. The van der Waals surface area contributed by atoms with Crippen LogP contribution in [0.1, 0.15) is 31.9 Å². The number of hydrogen-bond donors (Lipinski definition) is 0. The van der Waals surface area contributed by atoms with Crippen molar-refractivity contribution in [3.05, 3.63) is 16.4 Å². The molecule has 3 rings (SSSR count). The van der Waals surface area contributed by atoms with Crippen molar-refractivity contribution in [2.24, 2.45) is 0 Å². The summed E-state index contributed by atoms with van der Waals surface area (Å²) in [4.78, 5) is 0. The summed E-state index contributed by atoms with van der Waals surface area (Å²) in [7, 11) is 0. The first kappa shape index (κ1) is 8.92. The Kier molecular flexibility index (Phi) is 1.80. The molecule has 1 aliphatic carbocycles. The second-order valence-corrected chi connectivity index (χ2v) is 4.90. The van der Waals surface area contributed by atoms with Crippen molar-refractivity contribution < 1.29 is 4.74 Å². The summed E-state index contributed by atoms with van der Waals surface area (Å²) in [6.07, 6.45) is 5.99. The van der Waals surface area contributed by atoms with Gasteiger partial charge in [-0.05, 0) is 42.1 Å². The van der Waals surface area contributed by atoms with Gasteiger partial charge in [-0.2, -0.15) is 5.10 Å². The van der Waals surface area contributed by atoms with E-state index < -0.39 is 0 Å². The van der Waals surface area contributed by atoms with E-state index in [1.165, 1.54) is 18.5 Å². The second kappa shape index (κ2) is 2.83. The lowest BCUT2D eigenvalue weighted by molar-refractivity contribution is 0.242. The smallest absolute Gasteiger partial charge is 0.137 e. The van der Waals surface area contributed by atoms with Gasteiger partial charge in [0.15, 0.2) is 0 Å². The number of nitrogens with zero attached hydrogens (tertiary/aromatic N) is 2. The molecule has 76 valence electrons. The fourth-order valence-electron chi connectivity index (χ4n) is 2.63. The Morgan fingerprint density at radius 2 is 2.64 bits per heavy atom. The van der Waals surface area contributed by atoms with Gasteiger partial charge >= 0.3 is 0 Å². The number of aryl methyl sites for hydroxylation is 1. The number of aromatic nitrogens is 2. The molecule has 0 N–H and O–H groups in total. The second-order valence-electron chi connectivity index (χ2n) is 4.05. The van der Waals surface area contributed by atoms with Crippen LogP contribution < -0.4 is 0 Å². The van der Waals surface area contributed by atoms with E-state index in [1.54, 1.807) is 0 Å². The van der Waals surface area contributed by atoms with Crippen molar-refractivity contribution in [3.63, 3.8) is 0 Å². The van der Waals surface area contributed by atoms with Gasteiger partial charge in [0.2, 0.25) is 0 Å². The average molecular weight is 257 g/mol. The minimum Gasteiger partial charge on any atom is -0.359 e. The van der Waals surface area contributed by atoms with Crippen LogP contribution in [0.2, 0.25) is 0 Å². The van der Waals surface area contributed by atoms with Crippen LogP contribution in [0.15, 0.2) is 10.7 Å². The van der Waals surface area contributed by atoms with E-state index in [0.717, 1.165) is 17.4 Å². The molecule has 1 saturated heterocycles. The first-order valence-electron chi connectivity index (χ1n) is 5.17. The Labute approximate surface area is 91.6 Å². The highest BCUT2D eigenvalue weighted by Crippen LogP contribution is 2.58. The Balaban J connectivity index is 2.07. The molecule has 0 radical (unpaired) electrons. The zero-order chi connectivity index (χ0) is 9.76. The number of epoxide rings is 1. The molecule has 1 aromatic heterocycles. The highest BCUT2D eigenvalue weighted by Gasteiger charge is 2.62. The van der Waals surface area contributed by atoms with E-state index in [9.17, 15) is 0 Å². The third-order valence-electron chi connectivity index (χ3n) is 3.33. The molecule has 2 aliphatic rings. The van der Waals surface area contributed by atoms with Gasteiger partial charge in [-0.25, -0.2) is 0 Å². The fraction of sp³-hybridized carbons (Fsp3) is 0.700. The lowest BCUT2D eigenvalue weighted by Crippen LogP contribution is -2.15. The van der Waals surface area contributed by atoms with E-state index in [-0.39, 0.29) is 5.60 Å². The van der Waals surface area contributed by atoms with Gasteiger partial charge in [-0.3, -0.25) is 4.68 Å². The molecule has 2 fully saturated rings. The summed E-state index contributed by atoms with van der Waals surface area (Å²) in [5.41, 5.74) is 1.27. The normalized spacial score (nSPS) is 34.6. The molecule has 1 aromatic rings. The molecule has 0 amide bonds. The number of halogens is 1. The van der Waals surface area contributed by atoms with E-state index in [4.69, 9.17) is 4.74 Å². The van der Waals surface area contributed by atoms with Crippen LogP contribution in [-0.2, 0) is 16.9 Å². The first-order valence-corrected chi connectivity index (χ1v) is 5.97. The molecule has 1 aliphatic heterocycles. The summed E-state index contributed by atoms with van der Waals surface area (Å²) in [6.45, 7) is 3.03. The van der Waals surface area contributed by atoms with Gasteiger partial charge in [-0.1, -0.05) is 0 Å². The standard InChI is InChI=1S/C10H13BrN2O/c1-2-13-9(7(11)6-12-13)10-5-3-4-8(10)14-10/h6,8H,2-5H2,1H3/t8-,10+/m0/s1. The number of hydrogen-bond acceptors (Lipinski definition) is 2. The van der Waals surface area contributed by atoms with Crippen molar-refractivity contribution in [1.29, 1.82) is 0 Å². The van der Waals surface area contributed by atoms with Crippen molar-refractivity contribution in [3.8, 4) is 0 Å². The van der Waals surface area contributed by atoms with Crippen molar-refractivity contribution in [1.82, 2.24) is 9.78 Å². The minimum absolute atomic E-state index is 0.0192. The Hall–Kier alpha value is -0.350. The first-order chi connectivity index (χ1) is 6.78. The molecule has 0 unspecified atom stereocenters. The summed E-state index contributed by atoms with van der Waals surface area (Å²) < 4.78 is 8.97. The predicted octanol–water partition coefficient (Wildman–Crippen LogP) is 2.44. The topological polar surface area (TPSA) is 30.4 Å². The molecule has 0 bridgehead atoms. The molecule has 0 aromatic carbocycles. The van der Waals surface area contributed by atoms with Gasteiger partial charge in [-0.15, -0.1) is 0 Å². The van der Waals surface area contributed by atoms with Crippen molar-refractivity contribution in [2.45, 2.75) is 44.4 Å². The number of ether oxygens (including phenoxy) is 1. The van der Waals surface area contributed by atoms with Gasteiger partial charge in [0.25, 0.3) is 0 Å². The third kappa shape index (κ3) is 0.984. The Morgan fingerprint density at radius 1 is 1.79 bits per heavy atom. The fourth-order valence-corrected chi connectivity index (χ4v) is 3.26.